The van der Waals surface area contributed by atoms with Gasteiger partial charge in [-0.3, -0.25) is 0 Å². The van der Waals surface area contributed by atoms with Crippen LogP contribution in [0, 0.1) is 0 Å². The summed E-state index contributed by atoms with van der Waals surface area (Å²) in [5.74, 6) is 0.410. The van der Waals surface area contributed by atoms with Gasteiger partial charge in [0.05, 0.1) is 19.4 Å². The van der Waals surface area contributed by atoms with Gasteiger partial charge in [0.15, 0.2) is 0 Å². The molecule has 1 aromatic heterocycles. The lowest BCUT2D eigenvalue weighted by atomic mass is 10.2. The highest BCUT2D eigenvalue weighted by molar-refractivity contribution is 7.18. The van der Waals surface area contributed by atoms with Crippen molar-refractivity contribution >= 4 is 23.0 Å². The highest BCUT2D eigenvalue weighted by Crippen LogP contribution is 2.35. The summed E-state index contributed by atoms with van der Waals surface area (Å²) in [5.41, 5.74) is 7.32. The van der Waals surface area contributed by atoms with Gasteiger partial charge in [-0.15, -0.1) is 11.3 Å². The summed E-state index contributed by atoms with van der Waals surface area (Å²) in [5, 5.41) is 0. The molecule has 106 valence electrons. The van der Waals surface area contributed by atoms with Gasteiger partial charge in [0.1, 0.15) is 10.6 Å². The third-order valence-corrected chi connectivity index (χ3v) is 3.92. The predicted octanol–water partition coefficient (Wildman–Crippen LogP) is 3.57. The molecule has 0 unspecified atom stereocenters. The molecule has 0 bridgehead atoms. The monoisotopic (exact) mass is 291 g/mol. The fraction of sp³-hybridized carbons (Fsp3) is 0.267. The molecular formula is C15H17NO3S. The van der Waals surface area contributed by atoms with E-state index < -0.39 is 0 Å². The molecule has 0 fully saturated rings. The second-order valence-electron chi connectivity index (χ2n) is 4.26. The molecule has 2 rings (SSSR count). The fourth-order valence-corrected chi connectivity index (χ4v) is 2.71. The number of esters is 1. The average Bonchev–Trinajstić information content (AvgIpc) is 2.87. The zero-order valence-electron chi connectivity index (χ0n) is 11.5. The van der Waals surface area contributed by atoms with Crippen LogP contribution in [0.4, 0.5) is 5.69 Å². The van der Waals surface area contributed by atoms with Gasteiger partial charge in [-0.2, -0.15) is 0 Å². The maximum absolute atomic E-state index is 11.9. The topological polar surface area (TPSA) is 61.5 Å². The lowest BCUT2D eigenvalue weighted by molar-refractivity contribution is 0.0512. The van der Waals surface area contributed by atoms with Crippen LogP contribution in [-0.4, -0.2) is 19.7 Å². The van der Waals surface area contributed by atoms with Gasteiger partial charge in [-0.05, 0) is 30.2 Å². The molecule has 5 heteroatoms. The van der Waals surface area contributed by atoms with Crippen LogP contribution >= 0.6 is 11.3 Å². The van der Waals surface area contributed by atoms with E-state index in [0.29, 0.717) is 17.2 Å². The molecule has 0 amide bonds. The molecule has 4 nitrogen and oxygen atoms in total. The summed E-state index contributed by atoms with van der Waals surface area (Å²) in [6.45, 7) is 2.36. The number of hydrogen-bond acceptors (Lipinski definition) is 5. The number of benzene rings is 1. The first-order valence-electron chi connectivity index (χ1n) is 6.36. The van der Waals surface area contributed by atoms with E-state index in [-0.39, 0.29) is 5.97 Å². The van der Waals surface area contributed by atoms with Crippen LogP contribution in [0.3, 0.4) is 0 Å². The lowest BCUT2D eigenvalue weighted by Gasteiger charge is -2.02. The van der Waals surface area contributed by atoms with Crippen LogP contribution in [0.2, 0.25) is 0 Å². The number of carbonyl (C=O) groups excluding carboxylic acids is 1. The van der Waals surface area contributed by atoms with Crippen LogP contribution in [0.5, 0.6) is 5.75 Å². The number of anilines is 1. The standard InChI is InChI=1S/C15H17NO3S/c1-3-7-19-15(17)14-12(16)9-13(20-14)10-5-4-6-11(8-10)18-2/h4-6,8-9H,3,7,16H2,1-2H3. The largest absolute Gasteiger partial charge is 0.497 e. The van der Waals surface area contributed by atoms with Gasteiger partial charge in [-0.25, -0.2) is 4.79 Å². The van der Waals surface area contributed by atoms with Crippen molar-refractivity contribution < 1.29 is 14.3 Å². The number of hydrogen-bond donors (Lipinski definition) is 1. The van der Waals surface area contributed by atoms with Crippen molar-refractivity contribution in [1.29, 1.82) is 0 Å². The summed E-state index contributed by atoms with van der Waals surface area (Å²) in [7, 11) is 1.62. The van der Waals surface area contributed by atoms with E-state index >= 15 is 0 Å². The zero-order valence-corrected chi connectivity index (χ0v) is 12.3. The molecule has 0 radical (unpaired) electrons. The number of nitrogens with two attached hydrogens (primary N) is 1. The molecule has 0 aliphatic rings. The molecule has 0 aliphatic carbocycles. The number of nitrogen functional groups attached to an aromatic ring is 1. The minimum Gasteiger partial charge on any atom is -0.497 e. The Labute approximate surface area is 122 Å². The van der Waals surface area contributed by atoms with E-state index in [1.165, 1.54) is 11.3 Å². The first-order chi connectivity index (χ1) is 9.65. The van der Waals surface area contributed by atoms with Crippen molar-refractivity contribution in [1.82, 2.24) is 0 Å². The Kier molecular flexibility index (Phi) is 4.63. The maximum atomic E-state index is 11.9. The Hall–Kier alpha value is -2.01. The summed E-state index contributed by atoms with van der Waals surface area (Å²) < 4.78 is 10.3. The predicted molar refractivity (Wildman–Crippen MR) is 81.3 cm³/mol. The molecule has 0 saturated heterocycles. The Balaban J connectivity index is 2.28. The summed E-state index contributed by atoms with van der Waals surface area (Å²) in [4.78, 5) is 13.3. The SMILES string of the molecule is CCCOC(=O)c1sc(-c2cccc(OC)c2)cc1N. The maximum Gasteiger partial charge on any atom is 0.350 e. The van der Waals surface area contributed by atoms with Gasteiger partial charge in [0.2, 0.25) is 0 Å². The summed E-state index contributed by atoms with van der Waals surface area (Å²) in [6, 6.07) is 9.43. The van der Waals surface area contributed by atoms with Crippen LogP contribution in [0.1, 0.15) is 23.0 Å². The Morgan fingerprint density at radius 3 is 2.85 bits per heavy atom. The molecule has 20 heavy (non-hydrogen) atoms. The average molecular weight is 291 g/mol. The van der Waals surface area contributed by atoms with Gasteiger partial charge in [-0.1, -0.05) is 19.1 Å². The molecule has 0 atom stereocenters. The number of carbonyl (C=O) groups is 1. The zero-order chi connectivity index (χ0) is 14.5. The van der Waals surface area contributed by atoms with Crippen LogP contribution in [0.15, 0.2) is 30.3 Å². The molecule has 2 aromatic rings. The normalized spacial score (nSPS) is 10.3. The van der Waals surface area contributed by atoms with Crippen molar-refractivity contribution in [2.75, 3.05) is 19.5 Å². The van der Waals surface area contributed by atoms with Crippen molar-refractivity contribution in [3.63, 3.8) is 0 Å². The highest BCUT2D eigenvalue weighted by atomic mass is 32.1. The number of ether oxygens (including phenoxy) is 2. The smallest absolute Gasteiger partial charge is 0.350 e. The quantitative estimate of drug-likeness (QED) is 0.855. The number of rotatable bonds is 5. The molecule has 2 N–H and O–H groups in total. The van der Waals surface area contributed by atoms with Crippen molar-refractivity contribution in [2.24, 2.45) is 0 Å². The molecule has 0 aliphatic heterocycles. The Morgan fingerprint density at radius 2 is 2.15 bits per heavy atom. The van der Waals surface area contributed by atoms with E-state index in [0.717, 1.165) is 22.6 Å². The fourth-order valence-electron chi connectivity index (χ4n) is 1.74. The van der Waals surface area contributed by atoms with E-state index in [1.54, 1.807) is 13.2 Å². The van der Waals surface area contributed by atoms with Crippen LogP contribution < -0.4 is 10.5 Å². The third kappa shape index (κ3) is 3.11. The third-order valence-electron chi connectivity index (χ3n) is 2.74. The second-order valence-corrected chi connectivity index (χ2v) is 5.32. The first kappa shape index (κ1) is 14.4. The van der Waals surface area contributed by atoms with E-state index in [1.807, 2.05) is 31.2 Å². The van der Waals surface area contributed by atoms with E-state index in [2.05, 4.69) is 0 Å². The van der Waals surface area contributed by atoms with Crippen molar-refractivity contribution in [3.8, 4) is 16.2 Å². The van der Waals surface area contributed by atoms with E-state index in [9.17, 15) is 4.79 Å². The molecular weight excluding hydrogens is 274 g/mol. The van der Waals surface area contributed by atoms with E-state index in [4.69, 9.17) is 15.2 Å². The molecule has 0 saturated carbocycles. The minimum atomic E-state index is -0.358. The van der Waals surface area contributed by atoms with Gasteiger partial charge in [0.25, 0.3) is 0 Å². The molecule has 1 heterocycles. The molecule has 1 aromatic carbocycles. The lowest BCUT2D eigenvalue weighted by Crippen LogP contribution is -2.05. The van der Waals surface area contributed by atoms with Crippen molar-refractivity contribution in [3.05, 3.63) is 35.2 Å². The Bertz CT molecular complexity index is 607. The van der Waals surface area contributed by atoms with Crippen LogP contribution in [-0.2, 0) is 4.74 Å². The van der Waals surface area contributed by atoms with Gasteiger partial charge < -0.3 is 15.2 Å². The van der Waals surface area contributed by atoms with Gasteiger partial charge in [0, 0.05) is 4.88 Å². The number of methoxy groups -OCH3 is 1. The minimum absolute atomic E-state index is 0.358. The van der Waals surface area contributed by atoms with Crippen LogP contribution in [0.25, 0.3) is 10.4 Å². The molecule has 0 spiro atoms. The van der Waals surface area contributed by atoms with Gasteiger partial charge >= 0.3 is 5.97 Å². The highest BCUT2D eigenvalue weighted by Gasteiger charge is 2.16. The first-order valence-corrected chi connectivity index (χ1v) is 7.18. The Morgan fingerprint density at radius 1 is 1.35 bits per heavy atom. The summed E-state index contributed by atoms with van der Waals surface area (Å²) >= 11 is 1.34. The second kappa shape index (κ2) is 6.43. The number of thiophene rings is 1. The summed E-state index contributed by atoms with van der Waals surface area (Å²) in [6.07, 6.45) is 0.791. The van der Waals surface area contributed by atoms with Crippen molar-refractivity contribution in [2.45, 2.75) is 13.3 Å².